The van der Waals surface area contributed by atoms with Crippen molar-refractivity contribution in [2.24, 2.45) is 0 Å². The van der Waals surface area contributed by atoms with Crippen LogP contribution in [-0.4, -0.2) is 36.1 Å². The van der Waals surface area contributed by atoms with E-state index in [9.17, 15) is 0 Å². The molecule has 0 saturated heterocycles. The van der Waals surface area contributed by atoms with E-state index >= 15 is 0 Å². The lowest BCUT2D eigenvalue weighted by molar-refractivity contribution is 0.266. The second-order valence-corrected chi connectivity index (χ2v) is 6.50. The van der Waals surface area contributed by atoms with Gasteiger partial charge in [-0.1, -0.05) is 38.1 Å². The van der Waals surface area contributed by atoms with Gasteiger partial charge in [0, 0.05) is 6.08 Å². The molecule has 0 saturated carbocycles. The van der Waals surface area contributed by atoms with Crippen molar-refractivity contribution >= 4 is 23.3 Å². The number of fused-ring (bicyclic) bond motifs is 1. The maximum atomic E-state index is 5.84. The van der Waals surface area contributed by atoms with Crippen LogP contribution in [-0.2, 0) is 0 Å². The summed E-state index contributed by atoms with van der Waals surface area (Å²) in [6, 6.07) is 15.9. The van der Waals surface area contributed by atoms with Crippen LogP contribution in [0, 0.1) is 0 Å². The summed E-state index contributed by atoms with van der Waals surface area (Å²) in [7, 11) is 0. The molecule has 1 aromatic heterocycles. The normalized spacial score (nSPS) is 11.7. The number of aromatic nitrogens is 1. The van der Waals surface area contributed by atoms with E-state index in [1.54, 1.807) is 0 Å². The number of hydrogen-bond acceptors (Lipinski definition) is 4. The van der Waals surface area contributed by atoms with Gasteiger partial charge in [0.2, 0.25) is 5.89 Å². The Morgan fingerprint density at radius 1 is 0.963 bits per heavy atom. The zero-order chi connectivity index (χ0) is 18.9. The van der Waals surface area contributed by atoms with Gasteiger partial charge in [0.1, 0.15) is 11.3 Å². The molecule has 3 rings (SSSR count). The summed E-state index contributed by atoms with van der Waals surface area (Å²) < 4.78 is 11.5. The fourth-order valence-corrected chi connectivity index (χ4v) is 2.97. The number of oxazole rings is 1. The molecule has 0 amide bonds. The lowest BCUT2D eigenvalue weighted by Gasteiger charge is -2.17. The van der Waals surface area contributed by atoms with Crippen molar-refractivity contribution in [3.8, 4) is 5.75 Å². The summed E-state index contributed by atoms with van der Waals surface area (Å²) in [5.41, 5.74) is 2.77. The summed E-state index contributed by atoms with van der Waals surface area (Å²) in [5, 5.41) is 0. The molecular formula is C23H28N2O2. The van der Waals surface area contributed by atoms with E-state index in [-0.39, 0.29) is 0 Å². The molecule has 0 aliphatic carbocycles. The molecule has 27 heavy (non-hydrogen) atoms. The molecular weight excluding hydrogens is 336 g/mol. The molecule has 2 aromatic carbocycles. The number of rotatable bonds is 10. The van der Waals surface area contributed by atoms with Crippen LogP contribution >= 0.6 is 0 Å². The number of ether oxygens (including phenoxy) is 1. The van der Waals surface area contributed by atoms with E-state index in [1.807, 2.05) is 60.7 Å². The first-order chi connectivity index (χ1) is 13.3. The fourth-order valence-electron chi connectivity index (χ4n) is 2.97. The van der Waals surface area contributed by atoms with Crippen molar-refractivity contribution in [1.29, 1.82) is 0 Å². The van der Waals surface area contributed by atoms with Crippen LogP contribution in [0.15, 0.2) is 52.9 Å². The third-order valence-corrected chi connectivity index (χ3v) is 4.64. The van der Waals surface area contributed by atoms with Crippen LogP contribution in [0.25, 0.3) is 23.3 Å². The molecule has 0 fully saturated rings. The molecule has 0 spiro atoms. The third kappa shape index (κ3) is 5.69. The predicted octanol–water partition coefficient (Wildman–Crippen LogP) is 5.50. The Morgan fingerprint density at radius 3 is 2.48 bits per heavy atom. The monoisotopic (exact) mass is 364 g/mol. The zero-order valence-corrected chi connectivity index (χ0v) is 16.2. The SMILES string of the molecule is CCN(CC)CCCCOc1ccc(/C=C/c2nc3ccccc3o2)cc1. The fraction of sp³-hybridized carbons (Fsp3) is 0.348. The van der Waals surface area contributed by atoms with E-state index in [4.69, 9.17) is 9.15 Å². The Hall–Kier alpha value is -2.59. The van der Waals surface area contributed by atoms with Gasteiger partial charge >= 0.3 is 0 Å². The average Bonchev–Trinajstić information content (AvgIpc) is 3.13. The second kappa shape index (κ2) is 9.93. The van der Waals surface area contributed by atoms with Crippen LogP contribution in [0.3, 0.4) is 0 Å². The highest BCUT2D eigenvalue weighted by molar-refractivity contribution is 5.75. The third-order valence-electron chi connectivity index (χ3n) is 4.64. The first-order valence-corrected chi connectivity index (χ1v) is 9.77. The lowest BCUT2D eigenvalue weighted by atomic mass is 10.2. The molecule has 0 aliphatic rings. The summed E-state index contributed by atoms with van der Waals surface area (Å²) in [4.78, 5) is 6.89. The van der Waals surface area contributed by atoms with Gasteiger partial charge < -0.3 is 14.1 Å². The Bertz CT molecular complexity index is 815. The van der Waals surface area contributed by atoms with Crippen molar-refractivity contribution < 1.29 is 9.15 Å². The molecule has 0 unspecified atom stereocenters. The van der Waals surface area contributed by atoms with Crippen molar-refractivity contribution in [1.82, 2.24) is 9.88 Å². The highest BCUT2D eigenvalue weighted by Crippen LogP contribution is 2.18. The molecule has 0 radical (unpaired) electrons. The molecule has 1 heterocycles. The van der Waals surface area contributed by atoms with Gasteiger partial charge in [-0.15, -0.1) is 0 Å². The molecule has 0 aliphatic heterocycles. The first kappa shape index (κ1) is 19.2. The minimum absolute atomic E-state index is 0.615. The van der Waals surface area contributed by atoms with E-state index < -0.39 is 0 Å². The van der Waals surface area contributed by atoms with Crippen LogP contribution in [0.5, 0.6) is 5.75 Å². The molecule has 0 atom stereocenters. The molecule has 4 heteroatoms. The molecule has 3 aromatic rings. The smallest absolute Gasteiger partial charge is 0.220 e. The van der Waals surface area contributed by atoms with Gasteiger partial charge in [0.25, 0.3) is 0 Å². The molecule has 0 N–H and O–H groups in total. The van der Waals surface area contributed by atoms with Crippen LogP contribution < -0.4 is 4.74 Å². The summed E-state index contributed by atoms with van der Waals surface area (Å²) in [5.74, 6) is 1.53. The van der Waals surface area contributed by atoms with Crippen molar-refractivity contribution in [2.75, 3.05) is 26.2 Å². The Labute approximate surface area is 161 Å². The molecule has 0 bridgehead atoms. The van der Waals surface area contributed by atoms with Crippen molar-refractivity contribution in [2.45, 2.75) is 26.7 Å². The number of benzene rings is 2. The first-order valence-electron chi connectivity index (χ1n) is 9.77. The molecule has 142 valence electrons. The topological polar surface area (TPSA) is 38.5 Å². The Balaban J connectivity index is 1.45. The minimum atomic E-state index is 0.615. The highest BCUT2D eigenvalue weighted by atomic mass is 16.5. The maximum Gasteiger partial charge on any atom is 0.220 e. The van der Waals surface area contributed by atoms with Crippen molar-refractivity contribution in [3.05, 3.63) is 60.0 Å². The lowest BCUT2D eigenvalue weighted by Crippen LogP contribution is -2.24. The van der Waals surface area contributed by atoms with Crippen molar-refractivity contribution in [3.63, 3.8) is 0 Å². The maximum absolute atomic E-state index is 5.84. The minimum Gasteiger partial charge on any atom is -0.494 e. The summed E-state index contributed by atoms with van der Waals surface area (Å²) in [6.07, 6.45) is 6.14. The summed E-state index contributed by atoms with van der Waals surface area (Å²) >= 11 is 0. The predicted molar refractivity (Wildman–Crippen MR) is 112 cm³/mol. The highest BCUT2D eigenvalue weighted by Gasteiger charge is 2.01. The largest absolute Gasteiger partial charge is 0.494 e. The quantitative estimate of drug-likeness (QED) is 0.445. The second-order valence-electron chi connectivity index (χ2n) is 6.50. The Kier molecular flexibility index (Phi) is 7.05. The van der Waals surface area contributed by atoms with Gasteiger partial charge in [-0.25, -0.2) is 4.98 Å². The number of unbranched alkanes of at least 4 members (excludes halogenated alkanes) is 1. The average molecular weight is 364 g/mol. The van der Waals surface area contributed by atoms with Crippen LogP contribution in [0.4, 0.5) is 0 Å². The van der Waals surface area contributed by atoms with E-state index in [0.29, 0.717) is 5.89 Å². The van der Waals surface area contributed by atoms with Crippen LogP contribution in [0.2, 0.25) is 0 Å². The number of para-hydroxylation sites is 2. The standard InChI is InChI=1S/C23H28N2O2/c1-3-25(4-2)17-7-8-18-26-20-14-11-19(12-15-20)13-16-23-24-21-9-5-6-10-22(21)27-23/h5-6,9-16H,3-4,7-8,17-18H2,1-2H3/b16-13+. The van der Waals surface area contributed by atoms with E-state index in [0.717, 1.165) is 55.1 Å². The van der Waals surface area contributed by atoms with E-state index in [1.165, 1.54) is 6.42 Å². The van der Waals surface area contributed by atoms with Gasteiger partial charge in [-0.2, -0.15) is 0 Å². The number of nitrogens with zero attached hydrogens (tertiary/aromatic N) is 2. The van der Waals surface area contributed by atoms with E-state index in [2.05, 4.69) is 23.7 Å². The van der Waals surface area contributed by atoms with Crippen LogP contribution in [0.1, 0.15) is 38.1 Å². The molecule has 4 nitrogen and oxygen atoms in total. The van der Waals surface area contributed by atoms with Gasteiger partial charge in [0.15, 0.2) is 5.58 Å². The van der Waals surface area contributed by atoms with Gasteiger partial charge in [-0.3, -0.25) is 0 Å². The number of hydrogen-bond donors (Lipinski definition) is 0. The zero-order valence-electron chi connectivity index (χ0n) is 16.2. The van der Waals surface area contributed by atoms with Gasteiger partial charge in [0.05, 0.1) is 6.61 Å². The van der Waals surface area contributed by atoms with Gasteiger partial charge in [-0.05, 0) is 68.4 Å². The summed E-state index contributed by atoms with van der Waals surface area (Å²) in [6.45, 7) is 8.57. The Morgan fingerprint density at radius 2 is 1.74 bits per heavy atom.